The Morgan fingerprint density at radius 1 is 1.47 bits per heavy atom. The highest BCUT2D eigenvalue weighted by Crippen LogP contribution is 2.33. The number of hydrogen-bond acceptors (Lipinski definition) is 3. The zero-order valence-corrected chi connectivity index (χ0v) is 10.8. The van der Waals surface area contributed by atoms with Gasteiger partial charge in [0.2, 0.25) is 0 Å². The van der Waals surface area contributed by atoms with Crippen LogP contribution in [0.3, 0.4) is 0 Å². The first-order valence-corrected chi connectivity index (χ1v) is 6.33. The van der Waals surface area contributed by atoms with Crippen LogP contribution < -0.4 is 10.5 Å². The number of hydrogen-bond donors (Lipinski definition) is 1. The SMILES string of the molecule is COc1ccc2c(c1)CCN(C)C2CCCN. The molecule has 0 spiro atoms. The van der Waals surface area contributed by atoms with Gasteiger partial charge in [0.25, 0.3) is 0 Å². The molecule has 3 nitrogen and oxygen atoms in total. The second kappa shape index (κ2) is 5.52. The first kappa shape index (κ1) is 12.4. The number of fused-ring (bicyclic) bond motifs is 1. The molecule has 0 aliphatic carbocycles. The van der Waals surface area contributed by atoms with E-state index in [-0.39, 0.29) is 0 Å². The fourth-order valence-electron chi connectivity index (χ4n) is 2.63. The van der Waals surface area contributed by atoms with Crippen molar-refractivity contribution in [2.45, 2.75) is 25.3 Å². The molecule has 17 heavy (non-hydrogen) atoms. The van der Waals surface area contributed by atoms with Crippen LogP contribution in [0.25, 0.3) is 0 Å². The molecular weight excluding hydrogens is 212 g/mol. The van der Waals surface area contributed by atoms with Crippen molar-refractivity contribution in [1.29, 1.82) is 0 Å². The average molecular weight is 234 g/mol. The van der Waals surface area contributed by atoms with E-state index in [9.17, 15) is 0 Å². The molecule has 0 saturated carbocycles. The van der Waals surface area contributed by atoms with Crippen molar-refractivity contribution in [2.24, 2.45) is 5.73 Å². The summed E-state index contributed by atoms with van der Waals surface area (Å²) in [6, 6.07) is 6.98. The molecule has 1 aromatic rings. The Bertz CT molecular complexity index is 378. The molecule has 1 unspecified atom stereocenters. The van der Waals surface area contributed by atoms with E-state index in [1.54, 1.807) is 7.11 Å². The summed E-state index contributed by atoms with van der Waals surface area (Å²) in [4.78, 5) is 2.43. The van der Waals surface area contributed by atoms with Crippen LogP contribution in [0.5, 0.6) is 5.75 Å². The average Bonchev–Trinajstić information content (AvgIpc) is 2.37. The Balaban J connectivity index is 2.24. The fourth-order valence-corrected chi connectivity index (χ4v) is 2.63. The minimum absolute atomic E-state index is 0.521. The van der Waals surface area contributed by atoms with Crippen molar-refractivity contribution in [3.05, 3.63) is 29.3 Å². The van der Waals surface area contributed by atoms with Crippen LogP contribution in [0.4, 0.5) is 0 Å². The van der Waals surface area contributed by atoms with E-state index in [1.807, 2.05) is 0 Å². The molecule has 1 heterocycles. The van der Waals surface area contributed by atoms with E-state index in [2.05, 4.69) is 30.1 Å². The molecule has 0 amide bonds. The summed E-state index contributed by atoms with van der Waals surface area (Å²) in [6.45, 7) is 1.89. The Morgan fingerprint density at radius 3 is 3.00 bits per heavy atom. The van der Waals surface area contributed by atoms with Gasteiger partial charge in [0.05, 0.1) is 7.11 Å². The molecule has 0 saturated heterocycles. The molecule has 1 atom stereocenters. The molecule has 3 heteroatoms. The van der Waals surface area contributed by atoms with Crippen LogP contribution >= 0.6 is 0 Å². The van der Waals surface area contributed by atoms with Gasteiger partial charge in [0.15, 0.2) is 0 Å². The smallest absolute Gasteiger partial charge is 0.119 e. The molecule has 1 aliphatic heterocycles. The normalized spacial score (nSPS) is 20.1. The van der Waals surface area contributed by atoms with Crippen LogP contribution in [0, 0.1) is 0 Å². The van der Waals surface area contributed by atoms with Gasteiger partial charge in [-0.15, -0.1) is 0 Å². The summed E-state index contributed by atoms with van der Waals surface area (Å²) in [7, 11) is 3.93. The number of nitrogens with zero attached hydrogens (tertiary/aromatic N) is 1. The number of benzene rings is 1. The van der Waals surface area contributed by atoms with Gasteiger partial charge in [-0.2, -0.15) is 0 Å². The number of likely N-dealkylation sites (N-methyl/N-ethyl adjacent to an activating group) is 1. The molecule has 2 rings (SSSR count). The third-order valence-electron chi connectivity index (χ3n) is 3.66. The lowest BCUT2D eigenvalue weighted by molar-refractivity contribution is 0.217. The quantitative estimate of drug-likeness (QED) is 0.865. The molecule has 0 bridgehead atoms. The van der Waals surface area contributed by atoms with Crippen molar-refractivity contribution in [2.75, 3.05) is 27.2 Å². The summed E-state index contributed by atoms with van der Waals surface area (Å²) in [6.07, 6.45) is 3.34. The van der Waals surface area contributed by atoms with Crippen molar-refractivity contribution >= 4 is 0 Å². The van der Waals surface area contributed by atoms with Crippen LogP contribution in [-0.4, -0.2) is 32.1 Å². The van der Waals surface area contributed by atoms with E-state index < -0.39 is 0 Å². The van der Waals surface area contributed by atoms with Crippen molar-refractivity contribution in [3.8, 4) is 5.75 Å². The van der Waals surface area contributed by atoms with Gasteiger partial charge in [0.1, 0.15) is 5.75 Å². The lowest BCUT2D eigenvalue weighted by Gasteiger charge is -2.34. The molecule has 0 radical (unpaired) electrons. The first-order valence-electron chi connectivity index (χ1n) is 6.33. The zero-order chi connectivity index (χ0) is 12.3. The molecule has 0 fully saturated rings. The van der Waals surface area contributed by atoms with Crippen molar-refractivity contribution < 1.29 is 4.74 Å². The van der Waals surface area contributed by atoms with Gasteiger partial charge in [0, 0.05) is 12.6 Å². The summed E-state index contributed by atoms with van der Waals surface area (Å²) in [5.41, 5.74) is 8.50. The maximum atomic E-state index is 5.62. The third kappa shape index (κ3) is 2.61. The Hall–Kier alpha value is -1.06. The van der Waals surface area contributed by atoms with Gasteiger partial charge in [-0.1, -0.05) is 6.07 Å². The molecular formula is C14H22N2O. The zero-order valence-electron chi connectivity index (χ0n) is 10.8. The molecule has 2 N–H and O–H groups in total. The van der Waals surface area contributed by atoms with E-state index in [0.717, 1.165) is 38.1 Å². The van der Waals surface area contributed by atoms with Gasteiger partial charge < -0.3 is 10.5 Å². The largest absolute Gasteiger partial charge is 0.497 e. The second-order valence-corrected chi connectivity index (χ2v) is 4.74. The highest BCUT2D eigenvalue weighted by molar-refractivity contribution is 5.39. The predicted octanol–water partition coefficient (Wildman–Crippen LogP) is 1.96. The van der Waals surface area contributed by atoms with Gasteiger partial charge in [-0.25, -0.2) is 0 Å². The fraction of sp³-hybridized carbons (Fsp3) is 0.571. The molecule has 1 aliphatic rings. The van der Waals surface area contributed by atoms with Gasteiger partial charge in [-0.05, 0) is 56.1 Å². The van der Waals surface area contributed by atoms with Crippen molar-refractivity contribution in [1.82, 2.24) is 4.90 Å². The van der Waals surface area contributed by atoms with E-state index in [4.69, 9.17) is 10.5 Å². The summed E-state index contributed by atoms with van der Waals surface area (Å²) < 4.78 is 5.29. The van der Waals surface area contributed by atoms with E-state index in [1.165, 1.54) is 11.1 Å². The molecule has 94 valence electrons. The van der Waals surface area contributed by atoms with E-state index in [0.29, 0.717) is 6.04 Å². The number of nitrogens with two attached hydrogens (primary N) is 1. The highest BCUT2D eigenvalue weighted by Gasteiger charge is 2.24. The first-order chi connectivity index (χ1) is 8.26. The predicted molar refractivity (Wildman–Crippen MR) is 70.4 cm³/mol. The van der Waals surface area contributed by atoms with Gasteiger partial charge in [-0.3, -0.25) is 4.90 Å². The second-order valence-electron chi connectivity index (χ2n) is 4.74. The minimum atomic E-state index is 0.521. The third-order valence-corrected chi connectivity index (χ3v) is 3.66. The summed E-state index contributed by atoms with van der Waals surface area (Å²) in [5.74, 6) is 0.964. The summed E-state index contributed by atoms with van der Waals surface area (Å²) in [5, 5.41) is 0. The molecule has 1 aromatic carbocycles. The maximum absolute atomic E-state index is 5.62. The summed E-state index contributed by atoms with van der Waals surface area (Å²) >= 11 is 0. The lowest BCUT2D eigenvalue weighted by Crippen LogP contribution is -2.32. The van der Waals surface area contributed by atoms with Crippen LogP contribution in [0.1, 0.15) is 30.0 Å². The topological polar surface area (TPSA) is 38.5 Å². The monoisotopic (exact) mass is 234 g/mol. The standard InChI is InChI=1S/C14H22N2O/c1-16-9-7-11-10-12(17-2)5-6-13(11)14(16)4-3-8-15/h5-6,10,14H,3-4,7-9,15H2,1-2H3. The maximum Gasteiger partial charge on any atom is 0.119 e. The van der Waals surface area contributed by atoms with Gasteiger partial charge >= 0.3 is 0 Å². The minimum Gasteiger partial charge on any atom is -0.497 e. The highest BCUT2D eigenvalue weighted by atomic mass is 16.5. The van der Waals surface area contributed by atoms with Crippen LogP contribution in [0.2, 0.25) is 0 Å². The lowest BCUT2D eigenvalue weighted by atomic mass is 9.90. The number of methoxy groups -OCH3 is 1. The Labute approximate surface area is 104 Å². The van der Waals surface area contributed by atoms with E-state index >= 15 is 0 Å². The van der Waals surface area contributed by atoms with Crippen LogP contribution in [-0.2, 0) is 6.42 Å². The Kier molecular flexibility index (Phi) is 4.02. The number of ether oxygens (including phenoxy) is 1. The number of rotatable bonds is 4. The Morgan fingerprint density at radius 2 is 2.29 bits per heavy atom. The molecule has 0 aromatic heterocycles. The van der Waals surface area contributed by atoms with Crippen molar-refractivity contribution in [3.63, 3.8) is 0 Å². The van der Waals surface area contributed by atoms with Crippen LogP contribution in [0.15, 0.2) is 18.2 Å².